The molecule has 0 aliphatic rings. The molecule has 0 bridgehead atoms. The third kappa shape index (κ3) is 3.10. The highest BCUT2D eigenvalue weighted by atomic mass is 79.9. The van der Waals surface area contributed by atoms with Gasteiger partial charge in [0.05, 0.1) is 22.6 Å². The maximum atomic E-state index is 5.49. The Bertz CT molecular complexity index is 515. The molecule has 0 radical (unpaired) electrons. The van der Waals surface area contributed by atoms with Crippen LogP contribution in [0.5, 0.6) is 5.75 Å². The van der Waals surface area contributed by atoms with E-state index in [2.05, 4.69) is 38.4 Å². The van der Waals surface area contributed by atoms with Crippen LogP contribution in [0.25, 0.3) is 0 Å². The molecule has 2 aromatic rings. The molecule has 2 aromatic heterocycles. The Labute approximate surface area is 119 Å². The quantitative estimate of drug-likeness (QED) is 0.911. The lowest BCUT2D eigenvalue weighted by atomic mass is 10.1. The fraction of sp³-hybridized carbons (Fsp3) is 0.308. The van der Waals surface area contributed by atoms with Crippen LogP contribution in [0, 0.1) is 0 Å². The monoisotopic (exact) mass is 326 g/mol. The van der Waals surface area contributed by atoms with Gasteiger partial charge in [0.2, 0.25) is 0 Å². The van der Waals surface area contributed by atoms with Crippen molar-refractivity contribution in [3.63, 3.8) is 0 Å². The highest BCUT2D eigenvalue weighted by Gasteiger charge is 2.15. The van der Waals surface area contributed by atoms with E-state index in [-0.39, 0.29) is 6.04 Å². The number of aromatic nitrogens is 1. The smallest absolute Gasteiger partial charge is 0.137 e. The lowest BCUT2D eigenvalue weighted by molar-refractivity contribution is 0.338. The van der Waals surface area contributed by atoms with Crippen LogP contribution in [-0.2, 0) is 0 Å². The van der Waals surface area contributed by atoms with Gasteiger partial charge in [-0.15, -0.1) is 11.3 Å². The third-order valence-electron chi connectivity index (χ3n) is 2.55. The SMILES string of the molecule is CCOc1cncc(C(NC)c2ccc(Br)s2)c1. The molecule has 1 unspecified atom stereocenters. The molecule has 0 aliphatic carbocycles. The van der Waals surface area contributed by atoms with Crippen molar-refractivity contribution in [2.75, 3.05) is 13.7 Å². The Balaban J connectivity index is 2.29. The lowest BCUT2D eigenvalue weighted by Gasteiger charge is -2.15. The van der Waals surface area contributed by atoms with Crippen LogP contribution >= 0.6 is 27.3 Å². The summed E-state index contributed by atoms with van der Waals surface area (Å²) in [6.07, 6.45) is 3.61. The van der Waals surface area contributed by atoms with Gasteiger partial charge in [0.15, 0.2) is 0 Å². The maximum absolute atomic E-state index is 5.49. The molecule has 0 amide bonds. The minimum absolute atomic E-state index is 0.147. The summed E-state index contributed by atoms with van der Waals surface area (Å²) in [5.41, 5.74) is 1.11. The summed E-state index contributed by atoms with van der Waals surface area (Å²) in [7, 11) is 1.95. The summed E-state index contributed by atoms with van der Waals surface area (Å²) in [6, 6.07) is 6.35. The molecule has 1 atom stereocenters. The van der Waals surface area contributed by atoms with Gasteiger partial charge in [0.1, 0.15) is 5.75 Å². The number of nitrogens with one attached hydrogen (secondary N) is 1. The number of pyridine rings is 1. The van der Waals surface area contributed by atoms with Crippen molar-refractivity contribution >= 4 is 27.3 Å². The lowest BCUT2D eigenvalue weighted by Crippen LogP contribution is -2.16. The Morgan fingerprint density at radius 3 is 2.89 bits per heavy atom. The summed E-state index contributed by atoms with van der Waals surface area (Å²) in [6.45, 7) is 2.62. The summed E-state index contributed by atoms with van der Waals surface area (Å²) in [5.74, 6) is 0.811. The van der Waals surface area contributed by atoms with Crippen LogP contribution in [0.15, 0.2) is 34.4 Å². The number of thiophene rings is 1. The number of nitrogens with zero attached hydrogens (tertiary/aromatic N) is 1. The Morgan fingerprint density at radius 2 is 2.28 bits per heavy atom. The number of hydrogen-bond acceptors (Lipinski definition) is 4. The van der Waals surface area contributed by atoms with E-state index in [1.165, 1.54) is 4.88 Å². The molecule has 0 aromatic carbocycles. The molecular formula is C13H15BrN2OS. The van der Waals surface area contributed by atoms with Gasteiger partial charge in [-0.3, -0.25) is 4.98 Å². The molecule has 96 valence electrons. The predicted octanol–water partition coefficient (Wildman–Crippen LogP) is 3.61. The number of rotatable bonds is 5. The molecule has 0 fully saturated rings. The molecule has 1 N–H and O–H groups in total. The maximum Gasteiger partial charge on any atom is 0.137 e. The van der Waals surface area contributed by atoms with Gasteiger partial charge in [-0.05, 0) is 53.7 Å². The van der Waals surface area contributed by atoms with Crippen LogP contribution in [0.1, 0.15) is 23.4 Å². The zero-order valence-corrected chi connectivity index (χ0v) is 12.7. The molecule has 0 aliphatic heterocycles. The Morgan fingerprint density at radius 1 is 1.44 bits per heavy atom. The average molecular weight is 327 g/mol. The first-order valence-electron chi connectivity index (χ1n) is 5.74. The summed E-state index contributed by atoms with van der Waals surface area (Å²) >= 11 is 5.21. The van der Waals surface area contributed by atoms with Crippen molar-refractivity contribution in [3.8, 4) is 5.75 Å². The molecule has 0 spiro atoms. The summed E-state index contributed by atoms with van der Waals surface area (Å²) in [4.78, 5) is 5.48. The molecule has 0 saturated heterocycles. The Hall–Kier alpha value is -0.910. The number of ether oxygens (including phenoxy) is 1. The molecule has 2 rings (SSSR count). The van der Waals surface area contributed by atoms with Gasteiger partial charge in [-0.25, -0.2) is 0 Å². The van der Waals surface area contributed by atoms with Crippen LogP contribution in [0.3, 0.4) is 0 Å². The zero-order valence-electron chi connectivity index (χ0n) is 10.3. The van der Waals surface area contributed by atoms with Crippen LogP contribution in [-0.4, -0.2) is 18.6 Å². The molecule has 5 heteroatoms. The van der Waals surface area contributed by atoms with Crippen molar-refractivity contribution < 1.29 is 4.74 Å². The molecule has 0 saturated carbocycles. The minimum atomic E-state index is 0.147. The highest BCUT2D eigenvalue weighted by molar-refractivity contribution is 9.11. The first-order chi connectivity index (χ1) is 8.74. The zero-order chi connectivity index (χ0) is 13.0. The summed E-state index contributed by atoms with van der Waals surface area (Å²) < 4.78 is 6.62. The van der Waals surface area contributed by atoms with Crippen LogP contribution < -0.4 is 10.1 Å². The van der Waals surface area contributed by atoms with Crippen molar-refractivity contribution in [3.05, 3.63) is 44.8 Å². The van der Waals surface area contributed by atoms with E-state index in [0.717, 1.165) is 15.1 Å². The highest BCUT2D eigenvalue weighted by Crippen LogP contribution is 2.31. The van der Waals surface area contributed by atoms with Crippen molar-refractivity contribution in [2.45, 2.75) is 13.0 Å². The van der Waals surface area contributed by atoms with Gasteiger partial charge in [0, 0.05) is 11.1 Å². The van der Waals surface area contributed by atoms with Gasteiger partial charge in [-0.1, -0.05) is 0 Å². The van der Waals surface area contributed by atoms with Crippen molar-refractivity contribution in [2.24, 2.45) is 0 Å². The first-order valence-corrected chi connectivity index (χ1v) is 7.35. The van der Waals surface area contributed by atoms with Crippen molar-refractivity contribution in [1.29, 1.82) is 0 Å². The minimum Gasteiger partial charge on any atom is -0.492 e. The predicted molar refractivity (Wildman–Crippen MR) is 78.3 cm³/mol. The van der Waals surface area contributed by atoms with Gasteiger partial charge >= 0.3 is 0 Å². The van der Waals surface area contributed by atoms with Crippen LogP contribution in [0.2, 0.25) is 0 Å². The van der Waals surface area contributed by atoms with Gasteiger partial charge in [0.25, 0.3) is 0 Å². The standard InChI is InChI=1S/C13H15BrN2OS/c1-3-17-10-6-9(7-16-8-10)13(15-2)11-4-5-12(14)18-11/h4-8,13,15H,3H2,1-2H3. The average Bonchev–Trinajstić information content (AvgIpc) is 2.78. The number of hydrogen-bond donors (Lipinski definition) is 1. The van der Waals surface area contributed by atoms with Gasteiger partial charge < -0.3 is 10.1 Å². The largest absolute Gasteiger partial charge is 0.492 e. The van der Waals surface area contributed by atoms with E-state index in [9.17, 15) is 0 Å². The van der Waals surface area contributed by atoms with Crippen molar-refractivity contribution in [1.82, 2.24) is 10.3 Å². The molecule has 18 heavy (non-hydrogen) atoms. The third-order valence-corrected chi connectivity index (χ3v) is 4.23. The van der Waals surface area contributed by atoms with E-state index in [1.54, 1.807) is 17.5 Å². The normalized spacial score (nSPS) is 12.4. The van der Waals surface area contributed by atoms with Crippen LogP contribution in [0.4, 0.5) is 0 Å². The van der Waals surface area contributed by atoms with E-state index in [4.69, 9.17) is 4.74 Å². The fourth-order valence-electron chi connectivity index (χ4n) is 1.80. The summed E-state index contributed by atoms with van der Waals surface area (Å²) in [5, 5.41) is 3.31. The second-order valence-corrected chi connectivity index (χ2v) is 6.25. The van der Waals surface area contributed by atoms with E-state index in [0.29, 0.717) is 6.61 Å². The number of halogens is 1. The van der Waals surface area contributed by atoms with Gasteiger partial charge in [-0.2, -0.15) is 0 Å². The van der Waals surface area contributed by atoms with E-state index in [1.807, 2.05) is 26.2 Å². The Kier molecular flexibility index (Phi) is 4.74. The second-order valence-electron chi connectivity index (χ2n) is 3.75. The molecule has 3 nitrogen and oxygen atoms in total. The first kappa shape index (κ1) is 13.5. The molecular weight excluding hydrogens is 312 g/mol. The fourth-order valence-corrected chi connectivity index (χ4v) is 3.36. The topological polar surface area (TPSA) is 34.1 Å². The van der Waals surface area contributed by atoms with E-state index >= 15 is 0 Å². The second kappa shape index (κ2) is 6.31. The molecule has 2 heterocycles. The van der Waals surface area contributed by atoms with E-state index < -0.39 is 0 Å².